The van der Waals surface area contributed by atoms with Crippen molar-refractivity contribution in [2.75, 3.05) is 5.32 Å². The summed E-state index contributed by atoms with van der Waals surface area (Å²) in [5.74, 6) is -0.503. The second-order valence-corrected chi connectivity index (χ2v) is 7.35. The first-order valence-corrected chi connectivity index (χ1v) is 9.88. The molecule has 0 radical (unpaired) electrons. The molecular formula is C23H23N5O3. The van der Waals surface area contributed by atoms with Crippen molar-refractivity contribution in [2.24, 2.45) is 5.73 Å². The quantitative estimate of drug-likeness (QED) is 0.340. The van der Waals surface area contributed by atoms with Crippen LogP contribution in [0.5, 0.6) is 0 Å². The molecule has 31 heavy (non-hydrogen) atoms. The zero-order valence-electron chi connectivity index (χ0n) is 16.9. The Morgan fingerprint density at radius 2 is 1.97 bits per heavy atom. The smallest absolute Gasteiger partial charge is 0.307 e. The Bertz CT molecular complexity index is 1230. The Hall–Kier alpha value is -3.75. The number of aromatic nitrogens is 3. The van der Waals surface area contributed by atoms with Crippen molar-refractivity contribution < 1.29 is 15.0 Å². The SMILES string of the molecule is C[C@@H](N)c1cccc(-c2nc(C(O)Nc3ccccc3CC(=O)O)c3cccn3n2)c1. The van der Waals surface area contributed by atoms with Gasteiger partial charge in [0, 0.05) is 23.5 Å². The number of nitrogens with zero attached hydrogens (tertiary/aromatic N) is 3. The fraction of sp³-hybridized carbons (Fsp3) is 0.174. The van der Waals surface area contributed by atoms with Crippen LogP contribution in [0.4, 0.5) is 5.69 Å². The number of nitrogens with two attached hydrogens (primary N) is 1. The van der Waals surface area contributed by atoms with E-state index in [0.717, 1.165) is 11.1 Å². The van der Waals surface area contributed by atoms with Crippen molar-refractivity contribution in [3.8, 4) is 11.4 Å². The zero-order chi connectivity index (χ0) is 22.0. The number of aliphatic carboxylic acids is 1. The van der Waals surface area contributed by atoms with E-state index < -0.39 is 12.2 Å². The molecule has 4 rings (SSSR count). The number of carboxylic acids is 1. The molecule has 158 valence electrons. The van der Waals surface area contributed by atoms with E-state index in [-0.39, 0.29) is 12.5 Å². The molecule has 2 heterocycles. The molecule has 5 N–H and O–H groups in total. The van der Waals surface area contributed by atoms with Crippen LogP contribution in [0.25, 0.3) is 16.9 Å². The van der Waals surface area contributed by atoms with Gasteiger partial charge in [0.1, 0.15) is 5.69 Å². The van der Waals surface area contributed by atoms with Crippen LogP contribution in [-0.4, -0.2) is 30.8 Å². The summed E-state index contributed by atoms with van der Waals surface area (Å²) in [6.07, 6.45) is 0.450. The van der Waals surface area contributed by atoms with E-state index in [9.17, 15) is 9.90 Å². The van der Waals surface area contributed by atoms with Crippen molar-refractivity contribution in [3.05, 3.63) is 83.7 Å². The lowest BCUT2D eigenvalue weighted by Crippen LogP contribution is -2.16. The van der Waals surface area contributed by atoms with Gasteiger partial charge in [-0.25, -0.2) is 9.50 Å². The van der Waals surface area contributed by atoms with E-state index in [4.69, 9.17) is 10.8 Å². The Kier molecular flexibility index (Phi) is 5.66. The minimum absolute atomic E-state index is 0.132. The largest absolute Gasteiger partial charge is 0.481 e. The van der Waals surface area contributed by atoms with Gasteiger partial charge in [0.05, 0.1) is 11.9 Å². The molecular weight excluding hydrogens is 394 g/mol. The molecule has 0 fully saturated rings. The molecule has 0 aliphatic heterocycles. The molecule has 0 aliphatic rings. The highest BCUT2D eigenvalue weighted by atomic mass is 16.4. The van der Waals surface area contributed by atoms with Crippen molar-refractivity contribution in [2.45, 2.75) is 25.6 Å². The van der Waals surface area contributed by atoms with Gasteiger partial charge in [-0.15, -0.1) is 5.10 Å². The van der Waals surface area contributed by atoms with E-state index in [1.165, 1.54) is 0 Å². The monoisotopic (exact) mass is 417 g/mol. The maximum atomic E-state index is 11.2. The predicted molar refractivity (Wildman–Crippen MR) is 117 cm³/mol. The van der Waals surface area contributed by atoms with Crippen LogP contribution in [0, 0.1) is 0 Å². The van der Waals surface area contributed by atoms with Crippen LogP contribution in [0.2, 0.25) is 0 Å². The normalized spacial score (nSPS) is 13.1. The molecule has 0 spiro atoms. The Morgan fingerprint density at radius 1 is 1.16 bits per heavy atom. The van der Waals surface area contributed by atoms with E-state index >= 15 is 0 Å². The summed E-state index contributed by atoms with van der Waals surface area (Å²) in [6.45, 7) is 1.91. The number of carbonyl (C=O) groups is 1. The van der Waals surface area contributed by atoms with Crippen molar-refractivity contribution in [3.63, 3.8) is 0 Å². The number of hydrogen-bond acceptors (Lipinski definition) is 6. The average molecular weight is 417 g/mol. The Balaban J connectivity index is 1.74. The molecule has 0 saturated heterocycles. The maximum Gasteiger partial charge on any atom is 0.307 e. The third kappa shape index (κ3) is 4.40. The molecule has 1 unspecified atom stereocenters. The fourth-order valence-corrected chi connectivity index (χ4v) is 3.44. The van der Waals surface area contributed by atoms with E-state index in [1.54, 1.807) is 35.0 Å². The lowest BCUT2D eigenvalue weighted by atomic mass is 10.1. The lowest BCUT2D eigenvalue weighted by molar-refractivity contribution is -0.136. The summed E-state index contributed by atoms with van der Waals surface area (Å²) < 4.78 is 1.66. The number of anilines is 1. The second-order valence-electron chi connectivity index (χ2n) is 7.35. The van der Waals surface area contributed by atoms with Crippen molar-refractivity contribution in [1.82, 2.24) is 14.6 Å². The number of nitrogens with one attached hydrogen (secondary N) is 1. The first-order chi connectivity index (χ1) is 14.9. The van der Waals surface area contributed by atoms with Crippen LogP contribution in [-0.2, 0) is 11.2 Å². The summed E-state index contributed by atoms with van der Waals surface area (Å²) in [6, 6.07) is 18.1. The summed E-state index contributed by atoms with van der Waals surface area (Å²) in [4.78, 5) is 15.8. The van der Waals surface area contributed by atoms with Crippen LogP contribution >= 0.6 is 0 Å². The minimum atomic E-state index is -1.18. The van der Waals surface area contributed by atoms with Gasteiger partial charge in [-0.3, -0.25) is 4.79 Å². The summed E-state index contributed by atoms with van der Waals surface area (Å²) >= 11 is 0. The highest BCUT2D eigenvalue weighted by Crippen LogP contribution is 2.26. The fourth-order valence-electron chi connectivity index (χ4n) is 3.44. The van der Waals surface area contributed by atoms with Crippen LogP contribution in [0.15, 0.2) is 66.9 Å². The molecule has 2 atom stereocenters. The van der Waals surface area contributed by atoms with Crippen LogP contribution in [0.3, 0.4) is 0 Å². The zero-order valence-corrected chi connectivity index (χ0v) is 16.9. The minimum Gasteiger partial charge on any atom is -0.481 e. The number of para-hydroxylation sites is 1. The molecule has 0 saturated carbocycles. The van der Waals surface area contributed by atoms with E-state index in [1.807, 2.05) is 43.3 Å². The molecule has 2 aromatic heterocycles. The molecule has 4 aromatic rings. The number of benzene rings is 2. The standard InChI is InChI=1S/C23H23N5O3/c1-14(24)15-7-4-8-17(12-15)22-26-21(19-10-5-11-28(19)27-22)23(31)25-18-9-3-2-6-16(18)13-20(29)30/h2-12,14,23,25,31H,13,24H2,1H3,(H,29,30)/t14-,23?/m1/s1. The van der Waals surface area contributed by atoms with Crippen LogP contribution < -0.4 is 11.1 Å². The topological polar surface area (TPSA) is 126 Å². The third-order valence-corrected chi connectivity index (χ3v) is 5.00. The number of aliphatic hydroxyl groups is 1. The summed E-state index contributed by atoms with van der Waals surface area (Å²) in [5, 5.41) is 27.7. The molecule has 0 aliphatic carbocycles. The first-order valence-electron chi connectivity index (χ1n) is 9.88. The van der Waals surface area contributed by atoms with E-state index in [2.05, 4.69) is 15.4 Å². The molecule has 8 heteroatoms. The molecule has 0 amide bonds. The summed E-state index contributed by atoms with van der Waals surface area (Å²) in [5.41, 5.74) is 9.87. The van der Waals surface area contributed by atoms with Gasteiger partial charge in [-0.1, -0.05) is 36.4 Å². The summed E-state index contributed by atoms with van der Waals surface area (Å²) in [7, 11) is 0. The van der Waals surface area contributed by atoms with Gasteiger partial charge >= 0.3 is 5.97 Å². The highest BCUT2D eigenvalue weighted by molar-refractivity contribution is 5.73. The van der Waals surface area contributed by atoms with Gasteiger partial charge in [0.25, 0.3) is 0 Å². The number of aliphatic hydroxyl groups excluding tert-OH is 1. The lowest BCUT2D eigenvalue weighted by Gasteiger charge is -2.18. The van der Waals surface area contributed by atoms with Gasteiger partial charge in [-0.05, 0) is 42.3 Å². The van der Waals surface area contributed by atoms with Crippen molar-refractivity contribution >= 4 is 17.2 Å². The number of carboxylic acid groups (broad SMARTS) is 1. The maximum absolute atomic E-state index is 11.2. The highest BCUT2D eigenvalue weighted by Gasteiger charge is 2.18. The third-order valence-electron chi connectivity index (χ3n) is 5.00. The van der Waals surface area contributed by atoms with Gasteiger partial charge < -0.3 is 21.3 Å². The number of hydrogen-bond donors (Lipinski definition) is 4. The van der Waals surface area contributed by atoms with Gasteiger partial charge in [0.2, 0.25) is 0 Å². The Labute approximate surface area is 179 Å². The van der Waals surface area contributed by atoms with Gasteiger partial charge in [0.15, 0.2) is 12.1 Å². The van der Waals surface area contributed by atoms with E-state index in [0.29, 0.717) is 28.3 Å². The Morgan fingerprint density at radius 3 is 2.74 bits per heavy atom. The first kappa shape index (κ1) is 20.5. The van der Waals surface area contributed by atoms with Crippen LogP contribution in [0.1, 0.15) is 36.0 Å². The molecule has 2 aromatic carbocycles. The molecule has 8 nitrogen and oxygen atoms in total. The molecule has 0 bridgehead atoms. The predicted octanol–water partition coefficient (Wildman–Crippen LogP) is 3.15. The average Bonchev–Trinajstić information content (AvgIpc) is 3.23. The van der Waals surface area contributed by atoms with Crippen molar-refractivity contribution in [1.29, 1.82) is 0 Å². The second kappa shape index (κ2) is 8.55. The number of fused-ring (bicyclic) bond motifs is 1. The number of rotatable bonds is 7. The van der Waals surface area contributed by atoms with Gasteiger partial charge in [-0.2, -0.15) is 0 Å².